The first kappa shape index (κ1) is 9.30. The van der Waals surface area contributed by atoms with Gasteiger partial charge < -0.3 is 0 Å². The maximum Gasteiger partial charge on any atom is 0.0793 e. The third-order valence-corrected chi connectivity index (χ3v) is 3.96. The second-order valence-corrected chi connectivity index (χ2v) is 4.65. The van der Waals surface area contributed by atoms with Crippen molar-refractivity contribution in [2.24, 2.45) is 0 Å². The van der Waals surface area contributed by atoms with Gasteiger partial charge in [-0.25, -0.2) is 0 Å². The summed E-state index contributed by atoms with van der Waals surface area (Å²) in [5.41, 5.74) is 5.50. The standard InChI is InChI=1S/C8H9Br2N3/c1-12-8-4-6(10)5(9)3-7(8)11-13(12)2/h3-4,11H,1-2H3. The minimum absolute atomic E-state index is 1.06. The molecule has 0 saturated carbocycles. The van der Waals surface area contributed by atoms with Crippen LogP contribution >= 0.6 is 31.9 Å². The maximum absolute atomic E-state index is 3.48. The highest BCUT2D eigenvalue weighted by Crippen LogP contribution is 2.38. The summed E-state index contributed by atoms with van der Waals surface area (Å²) >= 11 is 6.94. The Morgan fingerprint density at radius 3 is 2.46 bits per heavy atom. The predicted molar refractivity (Wildman–Crippen MR) is 61.6 cm³/mol. The van der Waals surface area contributed by atoms with Gasteiger partial charge in [0.15, 0.2) is 0 Å². The van der Waals surface area contributed by atoms with Gasteiger partial charge in [0.05, 0.1) is 11.4 Å². The van der Waals surface area contributed by atoms with Gasteiger partial charge in [0.25, 0.3) is 0 Å². The van der Waals surface area contributed by atoms with Crippen molar-refractivity contribution < 1.29 is 0 Å². The number of nitrogens with zero attached hydrogens (tertiary/aromatic N) is 2. The van der Waals surface area contributed by atoms with Crippen molar-refractivity contribution in [3.8, 4) is 0 Å². The molecule has 0 aliphatic carbocycles. The van der Waals surface area contributed by atoms with Crippen molar-refractivity contribution in [3.63, 3.8) is 0 Å². The van der Waals surface area contributed by atoms with E-state index in [-0.39, 0.29) is 0 Å². The molecule has 0 bridgehead atoms. The Bertz CT molecular complexity index is 353. The average molecular weight is 307 g/mol. The Labute approximate surface area is 93.9 Å². The number of halogens is 2. The molecule has 1 aromatic rings. The van der Waals surface area contributed by atoms with E-state index in [9.17, 15) is 0 Å². The lowest BCUT2D eigenvalue weighted by Crippen LogP contribution is -2.34. The molecule has 1 N–H and O–H groups in total. The highest BCUT2D eigenvalue weighted by atomic mass is 79.9. The molecular weight excluding hydrogens is 298 g/mol. The summed E-state index contributed by atoms with van der Waals surface area (Å²) in [6, 6.07) is 4.13. The van der Waals surface area contributed by atoms with Crippen LogP contribution in [0.1, 0.15) is 0 Å². The smallest absolute Gasteiger partial charge is 0.0793 e. The van der Waals surface area contributed by atoms with Crippen LogP contribution in [0.5, 0.6) is 0 Å². The largest absolute Gasteiger partial charge is 0.299 e. The topological polar surface area (TPSA) is 18.5 Å². The van der Waals surface area contributed by atoms with Gasteiger partial charge in [-0.1, -0.05) is 0 Å². The van der Waals surface area contributed by atoms with Crippen LogP contribution in [-0.4, -0.2) is 19.2 Å². The lowest BCUT2D eigenvalue weighted by atomic mass is 10.3. The van der Waals surface area contributed by atoms with Crippen LogP contribution in [0.2, 0.25) is 0 Å². The van der Waals surface area contributed by atoms with E-state index in [0.717, 1.165) is 20.3 Å². The molecule has 1 aliphatic heterocycles. The van der Waals surface area contributed by atoms with Gasteiger partial charge in [-0.2, -0.15) is 0 Å². The molecule has 1 heterocycles. The lowest BCUT2D eigenvalue weighted by Gasteiger charge is -2.20. The number of anilines is 2. The molecule has 0 radical (unpaired) electrons. The molecule has 0 fully saturated rings. The zero-order chi connectivity index (χ0) is 9.59. The lowest BCUT2D eigenvalue weighted by molar-refractivity contribution is 0.412. The van der Waals surface area contributed by atoms with Gasteiger partial charge >= 0.3 is 0 Å². The molecule has 2 rings (SSSR count). The summed E-state index contributed by atoms with van der Waals surface area (Å²) < 4.78 is 2.12. The minimum Gasteiger partial charge on any atom is -0.299 e. The highest BCUT2D eigenvalue weighted by Gasteiger charge is 2.21. The Balaban J connectivity index is 2.53. The SMILES string of the molecule is CN1Nc2cc(Br)c(Br)cc2N1C. The Kier molecular flexibility index (Phi) is 2.25. The van der Waals surface area contributed by atoms with Crippen molar-refractivity contribution >= 4 is 43.2 Å². The number of hydrogen-bond donors (Lipinski definition) is 1. The quantitative estimate of drug-likeness (QED) is 0.795. The monoisotopic (exact) mass is 305 g/mol. The second-order valence-electron chi connectivity index (χ2n) is 2.94. The van der Waals surface area contributed by atoms with E-state index in [0.29, 0.717) is 0 Å². The summed E-state index contributed by atoms with van der Waals surface area (Å²) in [5.74, 6) is 0. The van der Waals surface area contributed by atoms with Crippen molar-refractivity contribution in [2.75, 3.05) is 24.5 Å². The Morgan fingerprint density at radius 2 is 1.77 bits per heavy atom. The van der Waals surface area contributed by atoms with E-state index in [2.05, 4.69) is 49.4 Å². The third-order valence-electron chi connectivity index (χ3n) is 2.12. The Hall–Kier alpha value is -0.260. The first-order valence-electron chi connectivity index (χ1n) is 3.82. The Morgan fingerprint density at radius 1 is 1.15 bits per heavy atom. The average Bonchev–Trinajstić information content (AvgIpc) is 2.32. The normalized spacial score (nSPS) is 15.8. The number of rotatable bonds is 0. The van der Waals surface area contributed by atoms with Crippen LogP contribution in [0.3, 0.4) is 0 Å². The van der Waals surface area contributed by atoms with E-state index in [1.54, 1.807) is 0 Å². The summed E-state index contributed by atoms with van der Waals surface area (Å²) in [7, 11) is 3.99. The van der Waals surface area contributed by atoms with E-state index in [1.165, 1.54) is 0 Å². The number of hydrazine groups is 2. The van der Waals surface area contributed by atoms with E-state index in [4.69, 9.17) is 0 Å². The summed E-state index contributed by atoms with van der Waals surface area (Å²) in [4.78, 5) is 0. The first-order chi connectivity index (χ1) is 6.09. The van der Waals surface area contributed by atoms with Crippen LogP contribution in [0.4, 0.5) is 11.4 Å². The van der Waals surface area contributed by atoms with Crippen LogP contribution in [-0.2, 0) is 0 Å². The first-order valence-corrected chi connectivity index (χ1v) is 5.41. The molecule has 0 spiro atoms. The predicted octanol–water partition coefficient (Wildman–Crippen LogP) is 2.84. The van der Waals surface area contributed by atoms with E-state index < -0.39 is 0 Å². The van der Waals surface area contributed by atoms with Gasteiger partial charge in [-0.05, 0) is 44.0 Å². The van der Waals surface area contributed by atoms with Crippen LogP contribution < -0.4 is 10.4 Å². The molecule has 0 atom stereocenters. The van der Waals surface area contributed by atoms with Gasteiger partial charge in [-0.3, -0.25) is 10.4 Å². The molecule has 1 aliphatic rings. The molecule has 0 unspecified atom stereocenters. The molecule has 5 heteroatoms. The molecule has 0 aromatic heterocycles. The van der Waals surface area contributed by atoms with E-state index in [1.807, 2.05) is 24.2 Å². The third kappa shape index (κ3) is 1.45. The summed E-state index contributed by atoms with van der Waals surface area (Å²) in [6.07, 6.45) is 0. The molecule has 70 valence electrons. The summed E-state index contributed by atoms with van der Waals surface area (Å²) in [6.45, 7) is 0. The molecule has 13 heavy (non-hydrogen) atoms. The fraction of sp³-hybridized carbons (Fsp3) is 0.250. The highest BCUT2D eigenvalue weighted by molar-refractivity contribution is 9.13. The van der Waals surface area contributed by atoms with Crippen molar-refractivity contribution in [1.82, 2.24) is 5.12 Å². The molecule has 0 amide bonds. The van der Waals surface area contributed by atoms with Crippen molar-refractivity contribution in [1.29, 1.82) is 0 Å². The van der Waals surface area contributed by atoms with Gasteiger partial charge in [0.1, 0.15) is 0 Å². The molecule has 0 saturated heterocycles. The minimum atomic E-state index is 1.06. The fourth-order valence-corrected chi connectivity index (χ4v) is 1.98. The number of fused-ring (bicyclic) bond motifs is 1. The zero-order valence-electron chi connectivity index (χ0n) is 7.31. The number of nitrogens with one attached hydrogen (secondary N) is 1. The van der Waals surface area contributed by atoms with Crippen LogP contribution in [0.15, 0.2) is 21.1 Å². The fourth-order valence-electron chi connectivity index (χ4n) is 1.30. The molecule has 3 nitrogen and oxygen atoms in total. The summed E-state index contributed by atoms with van der Waals surface area (Å²) in [5, 5.41) is 3.98. The van der Waals surface area contributed by atoms with Crippen LogP contribution in [0, 0.1) is 0 Å². The van der Waals surface area contributed by atoms with Gasteiger partial charge in [0, 0.05) is 23.0 Å². The van der Waals surface area contributed by atoms with Gasteiger partial charge in [0.2, 0.25) is 0 Å². The number of benzene rings is 1. The molecular formula is C8H9Br2N3. The van der Waals surface area contributed by atoms with E-state index >= 15 is 0 Å². The van der Waals surface area contributed by atoms with Crippen molar-refractivity contribution in [3.05, 3.63) is 21.1 Å². The molecule has 1 aromatic carbocycles. The second kappa shape index (κ2) is 3.15. The van der Waals surface area contributed by atoms with Gasteiger partial charge in [-0.15, -0.1) is 5.12 Å². The zero-order valence-corrected chi connectivity index (χ0v) is 10.5. The van der Waals surface area contributed by atoms with Crippen molar-refractivity contribution in [2.45, 2.75) is 0 Å². The number of hydrogen-bond acceptors (Lipinski definition) is 3. The van der Waals surface area contributed by atoms with Crippen LogP contribution in [0.25, 0.3) is 0 Å². The maximum atomic E-state index is 3.48.